The molecule has 1 heterocycles. The molecule has 1 atom stereocenters. The number of nitrogens with one attached hydrogen (secondary N) is 1. The molecular weight excluding hydrogens is 335 g/mol. The van der Waals surface area contributed by atoms with Crippen LogP contribution in [0.15, 0.2) is 30.6 Å². The Bertz CT molecular complexity index is 746. The summed E-state index contributed by atoms with van der Waals surface area (Å²) in [5.41, 5.74) is -0.597. The molecular formula is C12H14F3N5O2S. The molecule has 2 rings (SSSR count). The van der Waals surface area contributed by atoms with Gasteiger partial charge in [-0.2, -0.15) is 13.2 Å². The van der Waals surface area contributed by atoms with Crippen LogP contribution in [-0.2, 0) is 22.7 Å². The van der Waals surface area contributed by atoms with E-state index < -0.39 is 27.8 Å². The Kier molecular flexibility index (Phi) is 5.00. The number of benzene rings is 1. The Morgan fingerprint density at radius 2 is 2.09 bits per heavy atom. The number of nitrogens with zero attached hydrogens (tertiary/aromatic N) is 4. The lowest BCUT2D eigenvalue weighted by Crippen LogP contribution is -2.31. The molecule has 126 valence electrons. The normalized spacial score (nSPS) is 13.9. The minimum Gasteiger partial charge on any atom is -0.231 e. The third-order valence-corrected chi connectivity index (χ3v) is 4.48. The molecule has 1 aromatic carbocycles. The summed E-state index contributed by atoms with van der Waals surface area (Å²) < 4.78 is 65.6. The van der Waals surface area contributed by atoms with Gasteiger partial charge in [-0.3, -0.25) is 0 Å². The zero-order valence-electron chi connectivity index (χ0n) is 12.0. The summed E-state index contributed by atoms with van der Waals surface area (Å²) in [5, 5.41) is 10.3. The van der Waals surface area contributed by atoms with Crippen LogP contribution in [0.3, 0.4) is 0 Å². The van der Waals surface area contributed by atoms with Crippen LogP contribution >= 0.6 is 0 Å². The Labute approximate surface area is 130 Å². The van der Waals surface area contributed by atoms with Gasteiger partial charge in [0.05, 0.1) is 17.9 Å². The maximum Gasteiger partial charge on any atom is 0.416 e. The molecule has 0 spiro atoms. The van der Waals surface area contributed by atoms with Crippen molar-refractivity contribution >= 4 is 10.0 Å². The topological polar surface area (TPSA) is 89.8 Å². The third-order valence-electron chi connectivity index (χ3n) is 3.05. The molecule has 0 fully saturated rings. The Hall–Kier alpha value is -2.01. The molecule has 1 N–H and O–H groups in total. The summed E-state index contributed by atoms with van der Waals surface area (Å²) in [4.78, 5) is 0. The van der Waals surface area contributed by atoms with E-state index in [1.165, 1.54) is 30.1 Å². The first-order valence-corrected chi connectivity index (χ1v) is 8.20. The van der Waals surface area contributed by atoms with Gasteiger partial charge in [0, 0.05) is 6.04 Å². The zero-order chi connectivity index (χ0) is 17.1. The van der Waals surface area contributed by atoms with Crippen molar-refractivity contribution in [1.82, 2.24) is 24.9 Å². The lowest BCUT2D eigenvalue weighted by molar-refractivity contribution is -0.137. The van der Waals surface area contributed by atoms with Gasteiger partial charge in [-0.25, -0.2) is 17.8 Å². The monoisotopic (exact) mass is 349 g/mol. The molecule has 1 unspecified atom stereocenters. The highest BCUT2D eigenvalue weighted by molar-refractivity contribution is 7.89. The fourth-order valence-corrected chi connectivity index (χ4v) is 3.10. The molecule has 0 bridgehead atoms. The van der Waals surface area contributed by atoms with E-state index in [0.29, 0.717) is 0 Å². The molecule has 7 nitrogen and oxygen atoms in total. The summed E-state index contributed by atoms with van der Waals surface area (Å²) in [5.74, 6) is -0.290. The largest absolute Gasteiger partial charge is 0.416 e. The smallest absolute Gasteiger partial charge is 0.231 e. The average molecular weight is 349 g/mol. The molecule has 0 aliphatic carbocycles. The first-order chi connectivity index (χ1) is 10.7. The molecule has 2 aromatic rings. The lowest BCUT2D eigenvalue weighted by Gasteiger charge is -2.16. The zero-order valence-corrected chi connectivity index (χ0v) is 12.8. The van der Waals surface area contributed by atoms with E-state index in [1.807, 2.05) is 0 Å². The number of alkyl halides is 3. The SMILES string of the molecule is CC(NS(=O)(=O)CCn1cnnn1)c1cccc(C(F)(F)F)c1. The van der Waals surface area contributed by atoms with E-state index in [4.69, 9.17) is 0 Å². The molecule has 0 aliphatic rings. The molecule has 0 saturated heterocycles. The Morgan fingerprint density at radius 3 is 2.70 bits per heavy atom. The van der Waals surface area contributed by atoms with Gasteiger partial charge in [-0.15, -0.1) is 5.10 Å². The van der Waals surface area contributed by atoms with Gasteiger partial charge >= 0.3 is 6.18 Å². The van der Waals surface area contributed by atoms with Crippen molar-refractivity contribution in [1.29, 1.82) is 0 Å². The Balaban J connectivity index is 2.04. The number of tetrazole rings is 1. The van der Waals surface area contributed by atoms with Crippen LogP contribution in [0.4, 0.5) is 13.2 Å². The molecule has 0 saturated carbocycles. The lowest BCUT2D eigenvalue weighted by atomic mass is 10.1. The van der Waals surface area contributed by atoms with Crippen molar-refractivity contribution in [2.75, 3.05) is 5.75 Å². The molecule has 0 aliphatic heterocycles. The van der Waals surface area contributed by atoms with Gasteiger partial charge in [-0.1, -0.05) is 12.1 Å². The number of aryl methyl sites for hydroxylation is 1. The quantitative estimate of drug-likeness (QED) is 0.851. The van der Waals surface area contributed by atoms with Crippen molar-refractivity contribution in [2.45, 2.75) is 25.7 Å². The van der Waals surface area contributed by atoms with Crippen molar-refractivity contribution in [3.63, 3.8) is 0 Å². The third kappa shape index (κ3) is 4.99. The molecule has 23 heavy (non-hydrogen) atoms. The number of aromatic nitrogens is 4. The predicted octanol–water partition coefficient (Wildman–Crippen LogP) is 1.37. The number of hydrogen-bond acceptors (Lipinski definition) is 5. The van der Waals surface area contributed by atoms with E-state index in [9.17, 15) is 21.6 Å². The summed E-state index contributed by atoms with van der Waals surface area (Å²) in [6.45, 7) is 1.52. The fraction of sp³-hybridized carbons (Fsp3) is 0.417. The van der Waals surface area contributed by atoms with Crippen LogP contribution in [0.25, 0.3) is 0 Å². The summed E-state index contributed by atoms with van der Waals surface area (Å²) in [7, 11) is -3.70. The number of hydrogen-bond donors (Lipinski definition) is 1. The highest BCUT2D eigenvalue weighted by Gasteiger charge is 2.31. The second-order valence-corrected chi connectivity index (χ2v) is 6.73. The van der Waals surface area contributed by atoms with Crippen molar-refractivity contribution in [3.05, 3.63) is 41.7 Å². The average Bonchev–Trinajstić information content (AvgIpc) is 2.97. The van der Waals surface area contributed by atoms with Crippen molar-refractivity contribution in [2.24, 2.45) is 0 Å². The van der Waals surface area contributed by atoms with Crippen molar-refractivity contribution in [3.8, 4) is 0 Å². The summed E-state index contributed by atoms with van der Waals surface area (Å²) in [6.07, 6.45) is -3.21. The van der Waals surface area contributed by atoms with Gasteiger partial charge in [0.1, 0.15) is 6.33 Å². The van der Waals surface area contributed by atoms with Gasteiger partial charge in [0.25, 0.3) is 0 Å². The van der Waals surface area contributed by atoms with Crippen LogP contribution < -0.4 is 4.72 Å². The maximum absolute atomic E-state index is 12.7. The Morgan fingerprint density at radius 1 is 1.35 bits per heavy atom. The summed E-state index contributed by atoms with van der Waals surface area (Å²) >= 11 is 0. The first kappa shape index (κ1) is 17.3. The van der Waals surface area contributed by atoms with Crippen LogP contribution in [0, 0.1) is 0 Å². The highest BCUT2D eigenvalue weighted by atomic mass is 32.2. The second-order valence-electron chi connectivity index (χ2n) is 4.85. The van der Waals surface area contributed by atoms with Gasteiger partial charge in [0.2, 0.25) is 10.0 Å². The van der Waals surface area contributed by atoms with Gasteiger partial charge in [0.15, 0.2) is 0 Å². The van der Waals surface area contributed by atoms with E-state index in [-0.39, 0.29) is 17.9 Å². The number of halogens is 3. The number of sulfonamides is 1. The molecule has 0 amide bonds. The maximum atomic E-state index is 12.7. The van der Waals surface area contributed by atoms with E-state index in [0.717, 1.165) is 12.1 Å². The molecule has 0 radical (unpaired) electrons. The molecule has 1 aromatic heterocycles. The van der Waals surface area contributed by atoms with Crippen LogP contribution in [0.5, 0.6) is 0 Å². The standard InChI is InChI=1S/C12H14F3N5O2S/c1-9(10-3-2-4-11(7-10)12(13,14)15)17-23(21,22)6-5-20-8-16-18-19-20/h2-4,7-9,17H,5-6H2,1H3. The number of rotatable bonds is 6. The second kappa shape index (κ2) is 6.62. The fourth-order valence-electron chi connectivity index (χ4n) is 1.88. The van der Waals surface area contributed by atoms with Crippen LogP contribution in [0.2, 0.25) is 0 Å². The molecule has 11 heteroatoms. The van der Waals surface area contributed by atoms with Crippen molar-refractivity contribution < 1.29 is 21.6 Å². The van der Waals surface area contributed by atoms with Gasteiger partial charge < -0.3 is 0 Å². The first-order valence-electron chi connectivity index (χ1n) is 6.55. The van der Waals surface area contributed by atoms with Crippen LogP contribution in [-0.4, -0.2) is 34.4 Å². The predicted molar refractivity (Wildman–Crippen MR) is 74.6 cm³/mol. The minimum absolute atomic E-state index is 0.0393. The highest BCUT2D eigenvalue weighted by Crippen LogP contribution is 2.30. The van der Waals surface area contributed by atoms with E-state index in [2.05, 4.69) is 20.2 Å². The van der Waals surface area contributed by atoms with Crippen LogP contribution in [0.1, 0.15) is 24.1 Å². The van der Waals surface area contributed by atoms with E-state index in [1.54, 1.807) is 0 Å². The minimum atomic E-state index is -4.48. The van der Waals surface area contributed by atoms with Gasteiger partial charge in [-0.05, 0) is 35.0 Å². The van der Waals surface area contributed by atoms with E-state index >= 15 is 0 Å². The summed E-state index contributed by atoms with van der Waals surface area (Å²) in [6, 6.07) is 3.74.